The van der Waals surface area contributed by atoms with E-state index in [1.807, 2.05) is 24.3 Å². The maximum Gasteiger partial charge on any atom is 0.307 e. The minimum atomic E-state index is -0.999. The molecule has 136 valence electrons. The van der Waals surface area contributed by atoms with E-state index in [-0.39, 0.29) is 11.2 Å². The van der Waals surface area contributed by atoms with Crippen LogP contribution in [0.1, 0.15) is 18.5 Å². The lowest BCUT2D eigenvalue weighted by Crippen LogP contribution is -2.35. The van der Waals surface area contributed by atoms with Crippen LogP contribution in [-0.4, -0.2) is 26.3 Å². The fourth-order valence-corrected chi connectivity index (χ4v) is 3.31. The Balaban J connectivity index is 1.94. The van der Waals surface area contributed by atoms with Crippen molar-refractivity contribution in [2.24, 2.45) is 18.9 Å². The first-order valence-electron chi connectivity index (χ1n) is 8.44. The summed E-state index contributed by atoms with van der Waals surface area (Å²) in [4.78, 5) is 36.9. The molecular formula is C19H21N3O4. The molecule has 7 nitrogen and oxygen atoms in total. The number of carbonyl (C=O) groups is 2. The molecule has 0 saturated carbocycles. The molecule has 1 aliphatic rings. The minimum absolute atomic E-state index is 0.181. The van der Waals surface area contributed by atoms with Crippen molar-refractivity contribution in [2.45, 2.75) is 19.8 Å². The molecule has 2 N–H and O–H groups in total. The highest BCUT2D eigenvalue weighted by Crippen LogP contribution is 2.27. The molecule has 0 radical (unpaired) electrons. The summed E-state index contributed by atoms with van der Waals surface area (Å²) in [6, 6.07) is 9.12. The lowest BCUT2D eigenvalue weighted by Gasteiger charge is -2.23. The summed E-state index contributed by atoms with van der Waals surface area (Å²) in [7, 11) is 1.74. The molecule has 0 saturated heterocycles. The van der Waals surface area contributed by atoms with E-state index in [0.717, 1.165) is 0 Å². The Bertz CT molecular complexity index is 924. The molecule has 2 aromatic rings. The van der Waals surface area contributed by atoms with Crippen LogP contribution in [0.4, 0.5) is 5.69 Å². The molecule has 26 heavy (non-hydrogen) atoms. The normalized spacial score (nSPS) is 19.3. The lowest BCUT2D eigenvalue weighted by molar-refractivity contribution is -0.146. The number of carboxylic acid groups (broad SMARTS) is 1. The number of rotatable bonds is 4. The Kier molecular flexibility index (Phi) is 4.79. The van der Waals surface area contributed by atoms with Crippen molar-refractivity contribution in [1.29, 1.82) is 0 Å². The van der Waals surface area contributed by atoms with Gasteiger partial charge in [-0.05, 0) is 31.9 Å². The van der Waals surface area contributed by atoms with Gasteiger partial charge < -0.3 is 10.4 Å². The van der Waals surface area contributed by atoms with Gasteiger partial charge in [0.15, 0.2) is 0 Å². The van der Waals surface area contributed by atoms with Crippen LogP contribution in [0.15, 0.2) is 47.3 Å². The topological polar surface area (TPSA) is 93.3 Å². The van der Waals surface area contributed by atoms with E-state index in [1.165, 1.54) is 4.68 Å². The molecule has 0 unspecified atom stereocenters. The summed E-state index contributed by atoms with van der Waals surface area (Å²) < 4.78 is 3.14. The second-order valence-corrected chi connectivity index (χ2v) is 6.42. The van der Waals surface area contributed by atoms with E-state index in [2.05, 4.69) is 5.32 Å². The molecule has 0 spiro atoms. The van der Waals surface area contributed by atoms with Crippen LogP contribution in [0.25, 0.3) is 5.69 Å². The van der Waals surface area contributed by atoms with Gasteiger partial charge in [-0.15, -0.1) is 0 Å². The number of nitrogens with one attached hydrogen (secondary N) is 1. The van der Waals surface area contributed by atoms with Gasteiger partial charge in [0.25, 0.3) is 5.56 Å². The largest absolute Gasteiger partial charge is 0.481 e. The Hall–Kier alpha value is -3.09. The van der Waals surface area contributed by atoms with E-state index in [9.17, 15) is 19.5 Å². The molecule has 0 fully saturated rings. The number of hydrogen-bond donors (Lipinski definition) is 2. The van der Waals surface area contributed by atoms with Crippen LogP contribution < -0.4 is 10.9 Å². The van der Waals surface area contributed by atoms with Crippen molar-refractivity contribution in [3.8, 4) is 5.69 Å². The van der Waals surface area contributed by atoms with Crippen LogP contribution in [-0.2, 0) is 16.6 Å². The zero-order valence-electron chi connectivity index (χ0n) is 14.7. The third-order valence-corrected chi connectivity index (χ3v) is 4.89. The van der Waals surface area contributed by atoms with Crippen LogP contribution in [0, 0.1) is 18.8 Å². The molecule has 1 aromatic carbocycles. The number of amides is 1. The van der Waals surface area contributed by atoms with Crippen LogP contribution >= 0.6 is 0 Å². The number of carboxylic acids is 1. The van der Waals surface area contributed by atoms with Gasteiger partial charge in [0.2, 0.25) is 5.91 Å². The van der Waals surface area contributed by atoms with Gasteiger partial charge in [-0.2, -0.15) is 0 Å². The predicted molar refractivity (Wildman–Crippen MR) is 97.4 cm³/mol. The highest BCUT2D eigenvalue weighted by atomic mass is 16.4. The smallest absolute Gasteiger partial charge is 0.307 e. The first kappa shape index (κ1) is 17.7. The summed E-state index contributed by atoms with van der Waals surface area (Å²) in [5.41, 5.74) is 1.13. The van der Waals surface area contributed by atoms with Crippen molar-refractivity contribution in [1.82, 2.24) is 9.36 Å². The molecule has 1 aliphatic carbocycles. The van der Waals surface area contributed by atoms with Crippen LogP contribution in [0.5, 0.6) is 0 Å². The monoisotopic (exact) mass is 355 g/mol. The Labute approximate surface area is 150 Å². The number of allylic oxidation sites excluding steroid dienone is 2. The average Bonchev–Trinajstić information content (AvgIpc) is 2.85. The first-order chi connectivity index (χ1) is 12.4. The highest BCUT2D eigenvalue weighted by Gasteiger charge is 2.34. The molecule has 1 amide bonds. The third-order valence-electron chi connectivity index (χ3n) is 4.89. The van der Waals surface area contributed by atoms with Crippen LogP contribution in [0.3, 0.4) is 0 Å². The maximum atomic E-state index is 12.8. The van der Waals surface area contributed by atoms with Gasteiger partial charge in [0.05, 0.1) is 23.2 Å². The standard InChI is InChI=1S/C19H21N3O4/c1-12-16(18(24)22(21(12)2)13-8-4-3-5-9-13)20-17(23)14-10-6-7-11-15(14)19(25)26/h3-9,14-15H,10-11H2,1-2H3,(H,20,23)(H,25,26)/t14-,15-/m1/s1. The van der Waals surface area contributed by atoms with E-state index in [0.29, 0.717) is 24.2 Å². The SMILES string of the molecule is Cc1c(NC(=O)[C@@H]2CC=CC[C@H]2C(=O)O)c(=O)n(-c2ccccc2)n1C. The molecule has 1 heterocycles. The molecule has 1 aromatic heterocycles. The third kappa shape index (κ3) is 3.08. The summed E-state index contributed by atoms with van der Waals surface area (Å²) in [6.45, 7) is 1.74. The summed E-state index contributed by atoms with van der Waals surface area (Å²) in [5.74, 6) is -2.91. The van der Waals surface area contributed by atoms with E-state index in [1.54, 1.807) is 36.9 Å². The molecular weight excluding hydrogens is 334 g/mol. The van der Waals surface area contributed by atoms with E-state index in [4.69, 9.17) is 0 Å². The lowest BCUT2D eigenvalue weighted by atomic mass is 9.82. The highest BCUT2D eigenvalue weighted by molar-refractivity contribution is 5.95. The molecule has 0 aliphatic heterocycles. The van der Waals surface area contributed by atoms with Gasteiger partial charge in [-0.1, -0.05) is 30.4 Å². The van der Waals surface area contributed by atoms with Crippen molar-refractivity contribution in [3.05, 3.63) is 58.5 Å². The van der Waals surface area contributed by atoms with Gasteiger partial charge in [-0.25, -0.2) is 4.68 Å². The second kappa shape index (κ2) is 7.03. The van der Waals surface area contributed by atoms with E-state index < -0.39 is 23.7 Å². The van der Waals surface area contributed by atoms with E-state index >= 15 is 0 Å². The van der Waals surface area contributed by atoms with Crippen molar-refractivity contribution >= 4 is 17.6 Å². The Morgan fingerprint density at radius 1 is 1.12 bits per heavy atom. The molecule has 3 rings (SSSR count). The van der Waals surface area contributed by atoms with Gasteiger partial charge in [-0.3, -0.25) is 19.1 Å². The summed E-state index contributed by atoms with van der Waals surface area (Å²) in [5, 5.41) is 12.0. The molecule has 7 heteroatoms. The number of hydrogen-bond acceptors (Lipinski definition) is 3. The summed E-state index contributed by atoms with van der Waals surface area (Å²) in [6.07, 6.45) is 4.25. The number of benzene rings is 1. The van der Waals surface area contributed by atoms with Crippen molar-refractivity contribution in [2.75, 3.05) is 5.32 Å². The Morgan fingerprint density at radius 3 is 2.35 bits per heavy atom. The number of anilines is 1. The van der Waals surface area contributed by atoms with Crippen molar-refractivity contribution in [3.63, 3.8) is 0 Å². The number of aliphatic carboxylic acids is 1. The average molecular weight is 355 g/mol. The molecule has 0 bridgehead atoms. The fourth-order valence-electron chi connectivity index (χ4n) is 3.31. The summed E-state index contributed by atoms with van der Waals surface area (Å²) >= 11 is 0. The molecule has 2 atom stereocenters. The quantitative estimate of drug-likeness (QED) is 0.821. The minimum Gasteiger partial charge on any atom is -0.481 e. The van der Waals surface area contributed by atoms with Crippen LogP contribution in [0.2, 0.25) is 0 Å². The fraction of sp³-hybridized carbons (Fsp3) is 0.316. The predicted octanol–water partition coefficient (Wildman–Crippen LogP) is 2.09. The Morgan fingerprint density at radius 2 is 1.73 bits per heavy atom. The zero-order valence-corrected chi connectivity index (χ0v) is 14.7. The van der Waals surface area contributed by atoms with Crippen molar-refractivity contribution < 1.29 is 14.7 Å². The van der Waals surface area contributed by atoms with Gasteiger partial charge in [0, 0.05) is 7.05 Å². The maximum absolute atomic E-state index is 12.8. The number of aromatic nitrogens is 2. The van der Waals surface area contributed by atoms with Gasteiger partial charge in [0.1, 0.15) is 5.69 Å². The first-order valence-corrected chi connectivity index (χ1v) is 8.44. The van der Waals surface area contributed by atoms with Gasteiger partial charge >= 0.3 is 5.97 Å². The zero-order chi connectivity index (χ0) is 18.8. The number of nitrogens with zero attached hydrogens (tertiary/aromatic N) is 2. The second-order valence-electron chi connectivity index (χ2n) is 6.42. The number of para-hydroxylation sites is 1. The number of carbonyl (C=O) groups excluding carboxylic acids is 1.